The van der Waals surface area contributed by atoms with Gasteiger partial charge in [0.05, 0.1) is 10.3 Å². The lowest BCUT2D eigenvalue weighted by atomic mass is 10.2. The summed E-state index contributed by atoms with van der Waals surface area (Å²) in [6.07, 6.45) is 1.00. The van der Waals surface area contributed by atoms with E-state index >= 15 is 0 Å². The fourth-order valence-corrected chi connectivity index (χ4v) is 2.70. The van der Waals surface area contributed by atoms with E-state index in [1.807, 2.05) is 6.07 Å². The predicted octanol–water partition coefficient (Wildman–Crippen LogP) is 3.99. The zero-order valence-electron chi connectivity index (χ0n) is 7.67. The van der Waals surface area contributed by atoms with Gasteiger partial charge < -0.3 is 0 Å². The fourth-order valence-electron chi connectivity index (χ4n) is 1.43. The van der Waals surface area contributed by atoms with Crippen LogP contribution in [0, 0.1) is 11.3 Å². The normalized spacial score (nSPS) is 10.4. The van der Waals surface area contributed by atoms with Gasteiger partial charge in [-0.05, 0) is 30.0 Å². The van der Waals surface area contributed by atoms with Gasteiger partial charge in [0.25, 0.3) is 0 Å². The standard InChI is InChI=1S/C11H8ClNS/c1-2-10-5-7-3-9(12)4-8(6-13)11(7)14-10/h3-5H,2H2,1H3. The molecule has 0 aliphatic heterocycles. The number of thiophene rings is 1. The summed E-state index contributed by atoms with van der Waals surface area (Å²) in [6.45, 7) is 2.11. The maximum atomic E-state index is 8.94. The Morgan fingerprint density at radius 2 is 2.21 bits per heavy atom. The van der Waals surface area contributed by atoms with Gasteiger partial charge in [-0.25, -0.2) is 0 Å². The van der Waals surface area contributed by atoms with Crippen molar-refractivity contribution in [1.82, 2.24) is 0 Å². The summed E-state index contributed by atoms with van der Waals surface area (Å²) in [5, 5.41) is 10.7. The highest BCUT2D eigenvalue weighted by Gasteiger charge is 2.06. The van der Waals surface area contributed by atoms with Crippen molar-refractivity contribution < 1.29 is 0 Å². The molecular weight excluding hydrogens is 214 g/mol. The van der Waals surface area contributed by atoms with Crippen LogP contribution in [0.1, 0.15) is 17.4 Å². The molecule has 1 heterocycles. The summed E-state index contributed by atoms with van der Waals surface area (Å²) in [6, 6.07) is 7.91. The topological polar surface area (TPSA) is 23.8 Å². The number of hydrogen-bond acceptors (Lipinski definition) is 2. The molecule has 1 aromatic carbocycles. The molecule has 0 unspecified atom stereocenters. The Bertz CT molecular complexity index is 522. The zero-order chi connectivity index (χ0) is 10.1. The minimum Gasteiger partial charge on any atom is -0.192 e. The molecule has 0 saturated heterocycles. The number of aryl methyl sites for hydroxylation is 1. The number of fused-ring (bicyclic) bond motifs is 1. The lowest BCUT2D eigenvalue weighted by molar-refractivity contribution is 1.19. The summed E-state index contributed by atoms with van der Waals surface area (Å²) >= 11 is 7.58. The van der Waals surface area contributed by atoms with Gasteiger partial charge in [0, 0.05) is 9.90 Å². The average Bonchev–Trinajstić information content (AvgIpc) is 2.59. The van der Waals surface area contributed by atoms with Crippen molar-refractivity contribution >= 4 is 33.0 Å². The molecule has 0 aliphatic rings. The van der Waals surface area contributed by atoms with E-state index in [0.717, 1.165) is 16.5 Å². The van der Waals surface area contributed by atoms with Crippen LogP contribution in [-0.4, -0.2) is 0 Å². The Hall–Kier alpha value is -1.04. The lowest BCUT2D eigenvalue weighted by Crippen LogP contribution is -1.73. The molecule has 0 fully saturated rings. The minimum absolute atomic E-state index is 0.634. The van der Waals surface area contributed by atoms with E-state index in [1.165, 1.54) is 4.88 Å². The van der Waals surface area contributed by atoms with E-state index < -0.39 is 0 Å². The molecule has 0 spiro atoms. The Kier molecular flexibility index (Phi) is 2.45. The van der Waals surface area contributed by atoms with Gasteiger partial charge in [-0.3, -0.25) is 0 Å². The van der Waals surface area contributed by atoms with Crippen LogP contribution in [0.25, 0.3) is 10.1 Å². The Balaban J connectivity index is 2.79. The Labute approximate surface area is 91.5 Å². The summed E-state index contributed by atoms with van der Waals surface area (Å²) in [7, 11) is 0. The molecule has 0 saturated carbocycles. The molecule has 2 aromatic rings. The fraction of sp³-hybridized carbons (Fsp3) is 0.182. The third kappa shape index (κ3) is 1.50. The van der Waals surface area contributed by atoms with Crippen molar-refractivity contribution in [3.63, 3.8) is 0 Å². The number of nitriles is 1. The highest BCUT2D eigenvalue weighted by Crippen LogP contribution is 2.31. The number of rotatable bonds is 1. The summed E-state index contributed by atoms with van der Waals surface area (Å²) in [5.41, 5.74) is 0.678. The largest absolute Gasteiger partial charge is 0.192 e. The van der Waals surface area contributed by atoms with Crippen LogP contribution < -0.4 is 0 Å². The first-order valence-corrected chi connectivity index (χ1v) is 5.56. The van der Waals surface area contributed by atoms with E-state index in [2.05, 4.69) is 19.1 Å². The van der Waals surface area contributed by atoms with Crippen molar-refractivity contribution in [2.45, 2.75) is 13.3 Å². The van der Waals surface area contributed by atoms with Gasteiger partial charge in [-0.15, -0.1) is 11.3 Å². The van der Waals surface area contributed by atoms with E-state index in [-0.39, 0.29) is 0 Å². The molecule has 3 heteroatoms. The van der Waals surface area contributed by atoms with Gasteiger partial charge in [0.2, 0.25) is 0 Å². The smallest absolute Gasteiger partial charge is 0.101 e. The Morgan fingerprint density at radius 3 is 2.86 bits per heavy atom. The van der Waals surface area contributed by atoms with Crippen molar-refractivity contribution in [1.29, 1.82) is 5.26 Å². The van der Waals surface area contributed by atoms with Crippen LogP contribution in [0.3, 0.4) is 0 Å². The molecule has 0 bridgehead atoms. The predicted molar refractivity (Wildman–Crippen MR) is 60.9 cm³/mol. The highest BCUT2D eigenvalue weighted by molar-refractivity contribution is 7.19. The molecule has 0 amide bonds. The first kappa shape index (κ1) is 9.51. The minimum atomic E-state index is 0.634. The van der Waals surface area contributed by atoms with Crippen LogP contribution >= 0.6 is 22.9 Å². The molecule has 1 aromatic heterocycles. The second kappa shape index (κ2) is 3.61. The highest BCUT2D eigenvalue weighted by atomic mass is 35.5. The average molecular weight is 222 g/mol. The van der Waals surface area contributed by atoms with Crippen molar-refractivity contribution in [3.05, 3.63) is 33.7 Å². The zero-order valence-corrected chi connectivity index (χ0v) is 9.25. The van der Waals surface area contributed by atoms with Gasteiger partial charge in [-0.2, -0.15) is 5.26 Å². The second-order valence-electron chi connectivity index (χ2n) is 3.05. The van der Waals surface area contributed by atoms with E-state index in [0.29, 0.717) is 10.6 Å². The molecule has 14 heavy (non-hydrogen) atoms. The van der Waals surface area contributed by atoms with Crippen molar-refractivity contribution in [2.24, 2.45) is 0 Å². The van der Waals surface area contributed by atoms with Crippen molar-refractivity contribution in [3.8, 4) is 6.07 Å². The van der Waals surface area contributed by atoms with Crippen LogP contribution in [0.4, 0.5) is 0 Å². The third-order valence-corrected chi connectivity index (χ3v) is 3.65. The van der Waals surface area contributed by atoms with Crippen LogP contribution in [0.5, 0.6) is 0 Å². The number of benzene rings is 1. The quantitative estimate of drug-likeness (QED) is 0.715. The lowest BCUT2D eigenvalue weighted by Gasteiger charge is -1.93. The second-order valence-corrected chi connectivity index (χ2v) is 4.62. The van der Waals surface area contributed by atoms with Gasteiger partial charge in [0.1, 0.15) is 6.07 Å². The molecule has 0 aliphatic carbocycles. The molecule has 1 nitrogen and oxygen atoms in total. The van der Waals surface area contributed by atoms with Crippen LogP contribution in [0.2, 0.25) is 5.02 Å². The first-order chi connectivity index (χ1) is 6.74. The third-order valence-electron chi connectivity index (χ3n) is 2.10. The van der Waals surface area contributed by atoms with E-state index in [9.17, 15) is 0 Å². The van der Waals surface area contributed by atoms with Crippen LogP contribution in [0.15, 0.2) is 18.2 Å². The van der Waals surface area contributed by atoms with Gasteiger partial charge >= 0.3 is 0 Å². The molecule has 0 radical (unpaired) electrons. The number of nitrogens with zero attached hydrogens (tertiary/aromatic N) is 1. The van der Waals surface area contributed by atoms with Crippen LogP contribution in [-0.2, 0) is 6.42 Å². The Morgan fingerprint density at radius 1 is 1.43 bits per heavy atom. The number of halogens is 1. The van der Waals surface area contributed by atoms with Gasteiger partial charge in [-0.1, -0.05) is 18.5 Å². The number of hydrogen-bond donors (Lipinski definition) is 0. The SMILES string of the molecule is CCc1cc2cc(Cl)cc(C#N)c2s1. The monoisotopic (exact) mass is 221 g/mol. The van der Waals surface area contributed by atoms with E-state index in [1.54, 1.807) is 17.4 Å². The molecule has 0 N–H and O–H groups in total. The molecule has 70 valence electrons. The van der Waals surface area contributed by atoms with E-state index in [4.69, 9.17) is 16.9 Å². The molecule has 0 atom stereocenters. The summed E-state index contributed by atoms with van der Waals surface area (Å²) in [5.74, 6) is 0. The van der Waals surface area contributed by atoms with Crippen molar-refractivity contribution in [2.75, 3.05) is 0 Å². The van der Waals surface area contributed by atoms with Gasteiger partial charge in [0.15, 0.2) is 0 Å². The molecule has 2 rings (SSSR count). The first-order valence-electron chi connectivity index (χ1n) is 4.36. The molecular formula is C11H8ClNS. The summed E-state index contributed by atoms with van der Waals surface area (Å²) in [4.78, 5) is 1.29. The summed E-state index contributed by atoms with van der Waals surface area (Å²) < 4.78 is 1.05. The maximum absolute atomic E-state index is 8.94. The maximum Gasteiger partial charge on any atom is 0.101 e.